The van der Waals surface area contributed by atoms with Gasteiger partial charge in [-0.2, -0.15) is 0 Å². The molecule has 0 spiro atoms. The lowest BCUT2D eigenvalue weighted by atomic mass is 10.1. The minimum atomic E-state index is 0.147. The van der Waals surface area contributed by atoms with E-state index >= 15 is 0 Å². The van der Waals surface area contributed by atoms with Crippen molar-refractivity contribution in [2.24, 2.45) is 0 Å². The number of carbonyl (C=O) groups is 1. The topological polar surface area (TPSA) is 20.3 Å². The van der Waals surface area contributed by atoms with Crippen LogP contribution in [0.4, 0.5) is 0 Å². The maximum absolute atomic E-state index is 12.2. The summed E-state index contributed by atoms with van der Waals surface area (Å²) in [6.45, 7) is 3.51. The molecule has 0 saturated carbocycles. The van der Waals surface area contributed by atoms with E-state index in [0.29, 0.717) is 6.54 Å². The first kappa shape index (κ1) is 11.0. The van der Waals surface area contributed by atoms with Crippen molar-refractivity contribution >= 4 is 5.91 Å². The minimum absolute atomic E-state index is 0.147. The summed E-state index contributed by atoms with van der Waals surface area (Å²) in [5.41, 5.74) is 4.45. The highest BCUT2D eigenvalue weighted by molar-refractivity contribution is 5.98. The van der Waals surface area contributed by atoms with Gasteiger partial charge in [-0.05, 0) is 29.7 Å². The van der Waals surface area contributed by atoms with Crippen molar-refractivity contribution in [1.82, 2.24) is 4.90 Å². The van der Waals surface area contributed by atoms with E-state index in [-0.39, 0.29) is 5.91 Å². The van der Waals surface area contributed by atoms with E-state index in [1.165, 1.54) is 11.1 Å². The largest absolute Gasteiger partial charge is 0.330 e. The third-order valence-electron chi connectivity index (χ3n) is 3.52. The Morgan fingerprint density at radius 1 is 1.06 bits per heavy atom. The fraction of sp³-hybridized carbons (Fsp3) is 0.188. The summed E-state index contributed by atoms with van der Waals surface area (Å²) in [4.78, 5) is 14.1. The molecule has 2 heteroatoms. The van der Waals surface area contributed by atoms with Gasteiger partial charge in [0.25, 0.3) is 5.91 Å². The number of carbonyl (C=O) groups excluding carboxylic acids is 1. The molecule has 1 amide bonds. The van der Waals surface area contributed by atoms with Gasteiger partial charge in [0, 0.05) is 18.7 Å². The number of nitrogens with zero attached hydrogens (tertiary/aromatic N) is 1. The van der Waals surface area contributed by atoms with Crippen LogP contribution in [0.1, 0.15) is 27.0 Å². The number of hydrogen-bond donors (Lipinski definition) is 0. The molecule has 0 bridgehead atoms. The second kappa shape index (κ2) is 4.30. The summed E-state index contributed by atoms with van der Waals surface area (Å²) in [6, 6.07) is 16.1. The Morgan fingerprint density at radius 3 is 2.56 bits per heavy atom. The molecule has 2 aromatic rings. The van der Waals surface area contributed by atoms with Crippen molar-refractivity contribution in [1.29, 1.82) is 0 Å². The van der Waals surface area contributed by atoms with Crippen LogP contribution < -0.4 is 0 Å². The zero-order valence-electron chi connectivity index (χ0n) is 10.4. The molecule has 2 nitrogen and oxygen atoms in total. The highest BCUT2D eigenvalue weighted by atomic mass is 16.2. The average Bonchev–Trinajstić information content (AvgIpc) is 2.70. The van der Waals surface area contributed by atoms with E-state index < -0.39 is 0 Å². The van der Waals surface area contributed by atoms with Crippen molar-refractivity contribution in [2.75, 3.05) is 0 Å². The molecule has 0 radical (unpaired) electrons. The van der Waals surface area contributed by atoms with Crippen molar-refractivity contribution in [3.63, 3.8) is 0 Å². The number of benzene rings is 2. The number of aryl methyl sites for hydroxylation is 1. The molecule has 18 heavy (non-hydrogen) atoms. The van der Waals surface area contributed by atoms with Crippen LogP contribution in [0.3, 0.4) is 0 Å². The van der Waals surface area contributed by atoms with Crippen LogP contribution in [0.15, 0.2) is 48.5 Å². The smallest absolute Gasteiger partial charge is 0.254 e. The second-order valence-electron chi connectivity index (χ2n) is 4.74. The number of amides is 1. The molecule has 3 rings (SSSR count). The van der Waals surface area contributed by atoms with Crippen LogP contribution in [0.5, 0.6) is 0 Å². The zero-order chi connectivity index (χ0) is 12.5. The fourth-order valence-corrected chi connectivity index (χ4v) is 2.44. The molecule has 0 aromatic heterocycles. The van der Waals surface area contributed by atoms with Gasteiger partial charge in [-0.1, -0.05) is 42.5 Å². The Hall–Kier alpha value is -2.09. The Balaban J connectivity index is 1.86. The molecule has 0 unspecified atom stereocenters. The number of rotatable bonds is 2. The second-order valence-corrected chi connectivity index (χ2v) is 4.74. The molecule has 90 valence electrons. The van der Waals surface area contributed by atoms with Gasteiger partial charge in [-0.3, -0.25) is 4.79 Å². The van der Waals surface area contributed by atoms with Crippen molar-refractivity contribution in [3.05, 3.63) is 70.8 Å². The van der Waals surface area contributed by atoms with Crippen molar-refractivity contribution < 1.29 is 4.79 Å². The lowest BCUT2D eigenvalue weighted by Gasteiger charge is -2.17. The first-order valence-electron chi connectivity index (χ1n) is 6.17. The van der Waals surface area contributed by atoms with E-state index in [0.717, 1.165) is 17.7 Å². The molecule has 0 saturated heterocycles. The van der Waals surface area contributed by atoms with E-state index in [9.17, 15) is 4.79 Å². The van der Waals surface area contributed by atoms with E-state index in [4.69, 9.17) is 0 Å². The Labute approximate surface area is 107 Å². The van der Waals surface area contributed by atoms with Crippen LogP contribution in [-0.2, 0) is 13.1 Å². The summed E-state index contributed by atoms with van der Waals surface area (Å²) >= 11 is 0. The van der Waals surface area contributed by atoms with Crippen LogP contribution in [0.25, 0.3) is 0 Å². The molecule has 0 atom stereocenters. The molecular formula is C16H15NO. The predicted molar refractivity (Wildman–Crippen MR) is 71.2 cm³/mol. The van der Waals surface area contributed by atoms with Gasteiger partial charge in [0.1, 0.15) is 0 Å². The molecule has 1 heterocycles. The van der Waals surface area contributed by atoms with Gasteiger partial charge >= 0.3 is 0 Å². The third-order valence-corrected chi connectivity index (χ3v) is 3.52. The summed E-state index contributed by atoms with van der Waals surface area (Å²) in [5, 5.41) is 0. The number of hydrogen-bond acceptors (Lipinski definition) is 1. The van der Waals surface area contributed by atoms with E-state index in [1.807, 2.05) is 41.3 Å². The van der Waals surface area contributed by atoms with Crippen LogP contribution in [0.2, 0.25) is 0 Å². The highest BCUT2D eigenvalue weighted by Crippen LogP contribution is 2.24. The van der Waals surface area contributed by atoms with E-state index in [2.05, 4.69) is 19.1 Å². The third kappa shape index (κ3) is 1.80. The van der Waals surface area contributed by atoms with Gasteiger partial charge < -0.3 is 4.90 Å². The highest BCUT2D eigenvalue weighted by Gasteiger charge is 2.26. The van der Waals surface area contributed by atoms with Crippen LogP contribution >= 0.6 is 0 Å². The predicted octanol–water partition coefficient (Wildman–Crippen LogP) is 3.15. The lowest BCUT2D eigenvalue weighted by Crippen LogP contribution is -2.23. The maximum atomic E-state index is 12.2. The first-order chi connectivity index (χ1) is 8.75. The van der Waals surface area contributed by atoms with Crippen LogP contribution in [0, 0.1) is 6.92 Å². The Morgan fingerprint density at radius 2 is 1.78 bits per heavy atom. The van der Waals surface area contributed by atoms with Crippen molar-refractivity contribution in [2.45, 2.75) is 20.0 Å². The molecule has 2 aromatic carbocycles. The molecule has 1 aliphatic heterocycles. The van der Waals surface area contributed by atoms with E-state index in [1.54, 1.807) is 0 Å². The number of fused-ring (bicyclic) bond motifs is 1. The monoisotopic (exact) mass is 237 g/mol. The SMILES string of the molecule is Cc1ccccc1CN1Cc2ccccc2C1=O. The van der Waals surface area contributed by atoms with Gasteiger partial charge in [0.15, 0.2) is 0 Å². The normalized spacial score (nSPS) is 13.8. The summed E-state index contributed by atoms with van der Waals surface area (Å²) in [6.07, 6.45) is 0. The summed E-state index contributed by atoms with van der Waals surface area (Å²) < 4.78 is 0. The molecule has 0 aliphatic carbocycles. The summed E-state index contributed by atoms with van der Waals surface area (Å²) in [5.74, 6) is 0.147. The van der Waals surface area contributed by atoms with Gasteiger partial charge in [-0.15, -0.1) is 0 Å². The quantitative estimate of drug-likeness (QED) is 0.785. The molecule has 0 N–H and O–H groups in total. The molecule has 0 fully saturated rings. The van der Waals surface area contributed by atoms with Gasteiger partial charge in [0.2, 0.25) is 0 Å². The lowest BCUT2D eigenvalue weighted by molar-refractivity contribution is 0.0766. The molecule has 1 aliphatic rings. The zero-order valence-corrected chi connectivity index (χ0v) is 10.4. The average molecular weight is 237 g/mol. The molecular weight excluding hydrogens is 222 g/mol. The summed E-state index contributed by atoms with van der Waals surface area (Å²) in [7, 11) is 0. The first-order valence-corrected chi connectivity index (χ1v) is 6.17. The Kier molecular flexibility index (Phi) is 2.63. The fourth-order valence-electron chi connectivity index (χ4n) is 2.44. The van der Waals surface area contributed by atoms with Crippen LogP contribution in [-0.4, -0.2) is 10.8 Å². The van der Waals surface area contributed by atoms with Crippen molar-refractivity contribution in [3.8, 4) is 0 Å². The Bertz CT molecular complexity index is 604. The minimum Gasteiger partial charge on any atom is -0.330 e. The van der Waals surface area contributed by atoms with Gasteiger partial charge in [-0.25, -0.2) is 0 Å². The maximum Gasteiger partial charge on any atom is 0.254 e. The standard InChI is InChI=1S/C16H15NO/c1-12-6-2-3-7-13(12)10-17-11-14-8-4-5-9-15(14)16(17)18/h2-9H,10-11H2,1H3. The van der Waals surface area contributed by atoms with Gasteiger partial charge in [0.05, 0.1) is 0 Å².